The quantitative estimate of drug-likeness (QED) is 0.436. The highest BCUT2D eigenvalue weighted by molar-refractivity contribution is 6.18. The molecule has 0 spiro atoms. The van der Waals surface area contributed by atoms with Crippen LogP contribution in [0.3, 0.4) is 0 Å². The lowest BCUT2D eigenvalue weighted by Crippen LogP contribution is -1.86. The van der Waals surface area contributed by atoms with Crippen molar-refractivity contribution in [2.75, 3.05) is 0 Å². The Bertz CT molecular complexity index is 813. The molecule has 0 saturated carbocycles. The van der Waals surface area contributed by atoms with Crippen LogP contribution in [0.15, 0.2) is 55.1 Å². The highest BCUT2D eigenvalue weighted by Gasteiger charge is 2.06. The molecular weight excluding hydrogens is 222 g/mol. The van der Waals surface area contributed by atoms with E-state index in [9.17, 15) is 0 Å². The summed E-state index contributed by atoms with van der Waals surface area (Å²) in [4.78, 5) is 12.9. The summed E-state index contributed by atoms with van der Waals surface area (Å²) in [6, 6.07) is 12.2. The van der Waals surface area contributed by atoms with Crippen LogP contribution < -0.4 is 0 Å². The summed E-state index contributed by atoms with van der Waals surface area (Å²) in [6.07, 6.45) is 5.36. The maximum absolute atomic E-state index is 4.48. The van der Waals surface area contributed by atoms with Gasteiger partial charge in [-0.2, -0.15) is 0 Å². The van der Waals surface area contributed by atoms with Gasteiger partial charge in [-0.3, -0.25) is 4.98 Å². The summed E-state index contributed by atoms with van der Waals surface area (Å²) in [7, 11) is 0. The smallest absolute Gasteiger partial charge is 0.116 e. The molecule has 0 aliphatic rings. The van der Waals surface area contributed by atoms with Gasteiger partial charge in [-0.05, 0) is 12.1 Å². The Morgan fingerprint density at radius 1 is 0.722 bits per heavy atom. The standard InChI is InChI=1S/C15H9N3/c1-2-4-13-11(3-1)15-10(7-17-13)5-6-14-12(15)8-16-9-18-14/h1-9H. The molecule has 0 saturated heterocycles. The van der Waals surface area contributed by atoms with E-state index in [1.165, 1.54) is 5.39 Å². The number of fused-ring (bicyclic) bond motifs is 5. The first-order chi connectivity index (χ1) is 8.93. The van der Waals surface area contributed by atoms with Crippen LogP contribution in [0.25, 0.3) is 32.6 Å². The molecule has 18 heavy (non-hydrogen) atoms. The predicted molar refractivity (Wildman–Crippen MR) is 72.3 cm³/mol. The van der Waals surface area contributed by atoms with Crippen LogP contribution in [0.4, 0.5) is 0 Å². The van der Waals surface area contributed by atoms with Crippen molar-refractivity contribution >= 4 is 32.6 Å². The zero-order valence-electron chi connectivity index (χ0n) is 9.54. The lowest BCUT2D eigenvalue weighted by atomic mass is 10.0. The van der Waals surface area contributed by atoms with E-state index < -0.39 is 0 Å². The third-order valence-corrected chi connectivity index (χ3v) is 3.24. The highest BCUT2D eigenvalue weighted by atomic mass is 14.8. The number of hydrogen-bond donors (Lipinski definition) is 0. The highest BCUT2D eigenvalue weighted by Crippen LogP contribution is 2.29. The van der Waals surface area contributed by atoms with Gasteiger partial charge in [0.05, 0.1) is 11.0 Å². The van der Waals surface area contributed by atoms with E-state index in [4.69, 9.17) is 0 Å². The molecule has 0 radical (unpaired) electrons. The summed E-state index contributed by atoms with van der Waals surface area (Å²) in [5, 5.41) is 4.53. The number of hydrogen-bond acceptors (Lipinski definition) is 3. The second-order valence-corrected chi connectivity index (χ2v) is 4.26. The van der Waals surface area contributed by atoms with Gasteiger partial charge in [0.1, 0.15) is 6.33 Å². The van der Waals surface area contributed by atoms with Gasteiger partial charge in [-0.1, -0.05) is 24.3 Å². The summed E-state index contributed by atoms with van der Waals surface area (Å²) >= 11 is 0. The average Bonchev–Trinajstić information content (AvgIpc) is 2.46. The van der Waals surface area contributed by atoms with E-state index in [1.54, 1.807) is 6.33 Å². The number of pyridine rings is 1. The van der Waals surface area contributed by atoms with Crippen molar-refractivity contribution in [3.8, 4) is 0 Å². The van der Waals surface area contributed by atoms with E-state index in [0.717, 1.165) is 27.2 Å². The lowest BCUT2D eigenvalue weighted by Gasteiger charge is -2.05. The summed E-state index contributed by atoms with van der Waals surface area (Å²) in [6.45, 7) is 0. The van der Waals surface area contributed by atoms with Crippen molar-refractivity contribution in [3.63, 3.8) is 0 Å². The Morgan fingerprint density at radius 2 is 1.61 bits per heavy atom. The van der Waals surface area contributed by atoms with E-state index >= 15 is 0 Å². The topological polar surface area (TPSA) is 38.7 Å². The van der Waals surface area contributed by atoms with Crippen molar-refractivity contribution < 1.29 is 0 Å². The molecule has 2 heterocycles. The predicted octanol–water partition coefficient (Wildman–Crippen LogP) is 3.33. The molecule has 84 valence electrons. The largest absolute Gasteiger partial charge is 0.256 e. The van der Waals surface area contributed by atoms with Crippen LogP contribution in [0, 0.1) is 0 Å². The zero-order chi connectivity index (χ0) is 11.9. The minimum atomic E-state index is 0.967. The lowest BCUT2D eigenvalue weighted by molar-refractivity contribution is 1.23. The molecule has 4 rings (SSSR count). The Balaban J connectivity index is 2.38. The van der Waals surface area contributed by atoms with Crippen molar-refractivity contribution in [1.82, 2.24) is 15.0 Å². The van der Waals surface area contributed by atoms with Crippen LogP contribution in [0.2, 0.25) is 0 Å². The SMILES string of the molecule is c1ccc2c(c1)ncc1ccc3ncncc3c12. The molecule has 0 aliphatic heterocycles. The molecule has 0 N–H and O–H groups in total. The second-order valence-electron chi connectivity index (χ2n) is 4.26. The van der Waals surface area contributed by atoms with Gasteiger partial charge in [0.2, 0.25) is 0 Å². The molecule has 0 amide bonds. The van der Waals surface area contributed by atoms with Gasteiger partial charge in [0.15, 0.2) is 0 Å². The van der Waals surface area contributed by atoms with Gasteiger partial charge in [0.25, 0.3) is 0 Å². The molecule has 3 nitrogen and oxygen atoms in total. The molecule has 2 aromatic carbocycles. The van der Waals surface area contributed by atoms with Gasteiger partial charge >= 0.3 is 0 Å². The molecule has 0 unspecified atom stereocenters. The number of aromatic nitrogens is 3. The first kappa shape index (κ1) is 9.48. The molecule has 3 heteroatoms. The Labute approximate surface area is 103 Å². The van der Waals surface area contributed by atoms with Crippen LogP contribution in [0.1, 0.15) is 0 Å². The van der Waals surface area contributed by atoms with Crippen molar-refractivity contribution in [3.05, 3.63) is 55.1 Å². The van der Waals surface area contributed by atoms with Crippen molar-refractivity contribution in [2.24, 2.45) is 0 Å². The molecule has 0 bridgehead atoms. The molecule has 0 fully saturated rings. The summed E-state index contributed by atoms with van der Waals surface area (Å²) in [5.41, 5.74) is 1.97. The Kier molecular flexibility index (Phi) is 1.83. The number of para-hydroxylation sites is 1. The first-order valence-electron chi connectivity index (χ1n) is 5.80. The number of nitrogens with zero attached hydrogens (tertiary/aromatic N) is 3. The van der Waals surface area contributed by atoms with Gasteiger partial charge in [-0.25, -0.2) is 9.97 Å². The van der Waals surface area contributed by atoms with Crippen LogP contribution >= 0.6 is 0 Å². The average molecular weight is 231 g/mol. The van der Waals surface area contributed by atoms with E-state index in [0.29, 0.717) is 0 Å². The maximum atomic E-state index is 4.48. The van der Waals surface area contributed by atoms with Gasteiger partial charge in [-0.15, -0.1) is 0 Å². The Hall–Kier alpha value is -2.55. The minimum absolute atomic E-state index is 0.967. The number of rotatable bonds is 0. The minimum Gasteiger partial charge on any atom is -0.256 e. The summed E-state index contributed by atoms with van der Waals surface area (Å²) < 4.78 is 0. The van der Waals surface area contributed by atoms with E-state index in [-0.39, 0.29) is 0 Å². The molecule has 0 atom stereocenters. The van der Waals surface area contributed by atoms with Crippen molar-refractivity contribution in [1.29, 1.82) is 0 Å². The fourth-order valence-corrected chi connectivity index (χ4v) is 2.42. The summed E-state index contributed by atoms with van der Waals surface area (Å²) in [5.74, 6) is 0. The van der Waals surface area contributed by atoms with Crippen LogP contribution in [-0.4, -0.2) is 15.0 Å². The maximum Gasteiger partial charge on any atom is 0.116 e. The van der Waals surface area contributed by atoms with Crippen molar-refractivity contribution in [2.45, 2.75) is 0 Å². The third-order valence-electron chi connectivity index (χ3n) is 3.24. The monoisotopic (exact) mass is 231 g/mol. The van der Waals surface area contributed by atoms with E-state index in [1.807, 2.05) is 36.7 Å². The normalized spacial score (nSPS) is 11.3. The Morgan fingerprint density at radius 3 is 2.61 bits per heavy atom. The molecule has 2 aromatic heterocycles. The zero-order valence-corrected chi connectivity index (χ0v) is 9.54. The van der Waals surface area contributed by atoms with Crippen LogP contribution in [0.5, 0.6) is 0 Å². The first-order valence-corrected chi connectivity index (χ1v) is 5.80. The number of benzene rings is 2. The molecule has 0 aliphatic carbocycles. The van der Waals surface area contributed by atoms with E-state index in [2.05, 4.69) is 27.1 Å². The molecule has 4 aromatic rings. The van der Waals surface area contributed by atoms with Gasteiger partial charge in [0, 0.05) is 33.9 Å². The fourth-order valence-electron chi connectivity index (χ4n) is 2.42. The van der Waals surface area contributed by atoms with Crippen LogP contribution in [-0.2, 0) is 0 Å². The molecular formula is C15H9N3. The second kappa shape index (κ2) is 3.47. The van der Waals surface area contributed by atoms with Gasteiger partial charge < -0.3 is 0 Å². The third kappa shape index (κ3) is 1.21. The fraction of sp³-hybridized carbons (Fsp3) is 0.